The van der Waals surface area contributed by atoms with Crippen molar-refractivity contribution in [1.29, 1.82) is 0 Å². The number of rotatable bonds is 7. The fourth-order valence-corrected chi connectivity index (χ4v) is 4.27. The molecule has 1 aliphatic rings. The summed E-state index contributed by atoms with van der Waals surface area (Å²) in [6.07, 6.45) is 4.35. The predicted octanol–water partition coefficient (Wildman–Crippen LogP) is 4.44. The van der Waals surface area contributed by atoms with Crippen LogP contribution in [0.15, 0.2) is 41.4 Å². The molecule has 150 valence electrons. The molecule has 0 radical (unpaired) electrons. The lowest BCUT2D eigenvalue weighted by atomic mass is 10.1. The van der Waals surface area contributed by atoms with Gasteiger partial charge in [-0.1, -0.05) is 25.0 Å². The molecule has 2 aromatic rings. The van der Waals surface area contributed by atoms with E-state index in [1.807, 2.05) is 24.3 Å². The molecule has 5 nitrogen and oxygen atoms in total. The van der Waals surface area contributed by atoms with Gasteiger partial charge in [-0.2, -0.15) is 0 Å². The first kappa shape index (κ1) is 20.4. The Morgan fingerprint density at radius 1 is 1.18 bits per heavy atom. The molecule has 1 aromatic carbocycles. The number of nitrogens with one attached hydrogen (secondary N) is 3. The molecule has 0 spiro atoms. The zero-order chi connectivity index (χ0) is 19.8. The molecule has 1 amide bonds. The summed E-state index contributed by atoms with van der Waals surface area (Å²) < 4.78 is 0. The molecule has 0 atom stereocenters. The van der Waals surface area contributed by atoms with Crippen molar-refractivity contribution >= 4 is 28.9 Å². The van der Waals surface area contributed by atoms with Crippen LogP contribution in [-0.2, 0) is 17.9 Å². The summed E-state index contributed by atoms with van der Waals surface area (Å²) in [6.45, 7) is 6.32. The van der Waals surface area contributed by atoms with E-state index in [0.29, 0.717) is 6.54 Å². The second-order valence-electron chi connectivity index (χ2n) is 7.23. The third kappa shape index (κ3) is 6.09. The number of benzene rings is 1. The van der Waals surface area contributed by atoms with Gasteiger partial charge in [-0.25, -0.2) is 4.99 Å². The number of amides is 1. The maximum Gasteiger partial charge on any atom is 0.227 e. The fraction of sp³-hybridized carbons (Fsp3) is 0.455. The van der Waals surface area contributed by atoms with Crippen molar-refractivity contribution in [3.63, 3.8) is 0 Å². The van der Waals surface area contributed by atoms with E-state index < -0.39 is 0 Å². The summed E-state index contributed by atoms with van der Waals surface area (Å²) in [4.78, 5) is 19.6. The quantitative estimate of drug-likeness (QED) is 0.477. The SMILES string of the molecule is CCNC(=NCc1cccc(NC(=O)C2CCCC2)c1)NCc1ccc(C)s1. The van der Waals surface area contributed by atoms with Gasteiger partial charge < -0.3 is 16.0 Å². The minimum Gasteiger partial charge on any atom is -0.357 e. The number of carbonyl (C=O) groups is 1. The Hall–Kier alpha value is -2.34. The number of carbonyl (C=O) groups excluding carboxylic acids is 1. The van der Waals surface area contributed by atoms with Crippen LogP contribution in [-0.4, -0.2) is 18.4 Å². The lowest BCUT2D eigenvalue weighted by Crippen LogP contribution is -2.36. The van der Waals surface area contributed by atoms with Crippen LogP contribution in [0, 0.1) is 12.8 Å². The summed E-state index contributed by atoms with van der Waals surface area (Å²) in [5, 5.41) is 9.74. The van der Waals surface area contributed by atoms with Gasteiger partial charge in [-0.15, -0.1) is 11.3 Å². The molecule has 6 heteroatoms. The van der Waals surface area contributed by atoms with Gasteiger partial charge >= 0.3 is 0 Å². The van der Waals surface area contributed by atoms with Crippen LogP contribution in [0.25, 0.3) is 0 Å². The number of nitrogens with zero attached hydrogens (tertiary/aromatic N) is 1. The first-order valence-corrected chi connectivity index (χ1v) is 10.9. The van der Waals surface area contributed by atoms with Crippen molar-refractivity contribution in [1.82, 2.24) is 10.6 Å². The summed E-state index contributed by atoms with van der Waals surface area (Å²) in [7, 11) is 0. The molecular formula is C22H30N4OS. The smallest absolute Gasteiger partial charge is 0.227 e. The monoisotopic (exact) mass is 398 g/mol. The van der Waals surface area contributed by atoms with Crippen LogP contribution >= 0.6 is 11.3 Å². The summed E-state index contributed by atoms with van der Waals surface area (Å²) in [5.74, 6) is 1.13. The standard InChI is InChI=1S/C22H30N4OS/c1-3-23-22(25-15-20-12-11-16(2)28-20)24-14-17-7-6-10-19(13-17)26-21(27)18-8-4-5-9-18/h6-7,10-13,18H,3-5,8-9,14-15H2,1-2H3,(H,26,27)(H2,23,24,25). The number of hydrogen-bond donors (Lipinski definition) is 3. The Morgan fingerprint density at radius 3 is 2.71 bits per heavy atom. The average molecular weight is 399 g/mol. The van der Waals surface area contributed by atoms with E-state index in [2.05, 4.69) is 46.9 Å². The highest BCUT2D eigenvalue weighted by Crippen LogP contribution is 2.26. The number of anilines is 1. The van der Waals surface area contributed by atoms with Crippen molar-refractivity contribution in [2.45, 2.75) is 52.6 Å². The highest BCUT2D eigenvalue weighted by atomic mass is 32.1. The van der Waals surface area contributed by atoms with Crippen LogP contribution < -0.4 is 16.0 Å². The van der Waals surface area contributed by atoms with Gasteiger partial charge in [-0.3, -0.25) is 4.79 Å². The van der Waals surface area contributed by atoms with Crippen molar-refractivity contribution in [3.8, 4) is 0 Å². The fourth-order valence-electron chi connectivity index (χ4n) is 3.44. The number of guanidine groups is 1. The highest BCUT2D eigenvalue weighted by Gasteiger charge is 2.22. The van der Waals surface area contributed by atoms with Crippen molar-refractivity contribution in [2.75, 3.05) is 11.9 Å². The van der Waals surface area contributed by atoms with E-state index in [9.17, 15) is 4.79 Å². The van der Waals surface area contributed by atoms with Crippen LogP contribution in [0.5, 0.6) is 0 Å². The third-order valence-electron chi connectivity index (χ3n) is 4.91. The summed E-state index contributed by atoms with van der Waals surface area (Å²) >= 11 is 1.79. The van der Waals surface area contributed by atoms with E-state index in [1.54, 1.807) is 11.3 Å². The second kappa shape index (κ2) is 10.3. The van der Waals surface area contributed by atoms with Crippen molar-refractivity contribution in [3.05, 3.63) is 51.7 Å². The first-order chi connectivity index (χ1) is 13.6. The largest absolute Gasteiger partial charge is 0.357 e. The van der Waals surface area contributed by atoms with E-state index in [-0.39, 0.29) is 11.8 Å². The van der Waals surface area contributed by atoms with Crippen LogP contribution in [0.1, 0.15) is 47.9 Å². The predicted molar refractivity (Wildman–Crippen MR) is 118 cm³/mol. The first-order valence-electron chi connectivity index (χ1n) is 10.1. The summed E-state index contributed by atoms with van der Waals surface area (Å²) in [6, 6.07) is 12.3. The molecule has 3 rings (SSSR count). The Kier molecular flexibility index (Phi) is 7.48. The van der Waals surface area contributed by atoms with Crippen LogP contribution in [0.4, 0.5) is 5.69 Å². The minimum atomic E-state index is 0.152. The maximum absolute atomic E-state index is 12.3. The molecular weight excluding hydrogens is 368 g/mol. The van der Waals surface area contributed by atoms with E-state index in [0.717, 1.165) is 56.0 Å². The molecule has 0 bridgehead atoms. The molecule has 0 saturated heterocycles. The lowest BCUT2D eigenvalue weighted by molar-refractivity contribution is -0.119. The topological polar surface area (TPSA) is 65.5 Å². The average Bonchev–Trinajstić information content (AvgIpc) is 3.36. The Labute approximate surface area is 171 Å². The van der Waals surface area contributed by atoms with Gasteiger partial charge in [0.1, 0.15) is 0 Å². The second-order valence-corrected chi connectivity index (χ2v) is 8.60. The highest BCUT2D eigenvalue weighted by molar-refractivity contribution is 7.11. The molecule has 0 unspecified atom stereocenters. The van der Waals surface area contributed by atoms with Gasteiger partial charge in [0.25, 0.3) is 0 Å². The molecule has 1 saturated carbocycles. The molecule has 1 aliphatic carbocycles. The van der Waals surface area contributed by atoms with Gasteiger partial charge in [0.05, 0.1) is 13.1 Å². The van der Waals surface area contributed by atoms with Crippen LogP contribution in [0.2, 0.25) is 0 Å². The van der Waals surface area contributed by atoms with E-state index in [4.69, 9.17) is 0 Å². The Morgan fingerprint density at radius 2 is 2.00 bits per heavy atom. The molecule has 1 aromatic heterocycles. The maximum atomic E-state index is 12.3. The van der Waals surface area contributed by atoms with Gasteiger partial charge in [0.15, 0.2) is 5.96 Å². The molecule has 1 fully saturated rings. The Bertz CT molecular complexity index is 808. The zero-order valence-electron chi connectivity index (χ0n) is 16.8. The molecule has 28 heavy (non-hydrogen) atoms. The Balaban J connectivity index is 1.57. The van der Waals surface area contributed by atoms with E-state index >= 15 is 0 Å². The van der Waals surface area contributed by atoms with Crippen molar-refractivity contribution in [2.24, 2.45) is 10.9 Å². The van der Waals surface area contributed by atoms with Crippen LogP contribution in [0.3, 0.4) is 0 Å². The normalized spacial score (nSPS) is 14.9. The zero-order valence-corrected chi connectivity index (χ0v) is 17.6. The molecule has 1 heterocycles. The lowest BCUT2D eigenvalue weighted by Gasteiger charge is -2.12. The summed E-state index contributed by atoms with van der Waals surface area (Å²) in [5.41, 5.74) is 1.94. The minimum absolute atomic E-state index is 0.152. The van der Waals surface area contributed by atoms with Gasteiger partial charge in [-0.05, 0) is 56.5 Å². The molecule has 3 N–H and O–H groups in total. The van der Waals surface area contributed by atoms with E-state index in [1.165, 1.54) is 9.75 Å². The third-order valence-corrected chi connectivity index (χ3v) is 5.91. The van der Waals surface area contributed by atoms with Gasteiger partial charge in [0.2, 0.25) is 5.91 Å². The number of aryl methyl sites for hydroxylation is 1. The van der Waals surface area contributed by atoms with Crippen molar-refractivity contribution < 1.29 is 4.79 Å². The van der Waals surface area contributed by atoms with Gasteiger partial charge in [0, 0.05) is 27.9 Å². The number of thiophene rings is 1. The number of hydrogen-bond acceptors (Lipinski definition) is 3. The molecule has 0 aliphatic heterocycles. The number of aliphatic imine (C=N–C) groups is 1.